The van der Waals surface area contributed by atoms with Crippen molar-refractivity contribution >= 4 is 39.4 Å². The molecule has 53 heavy (non-hydrogen) atoms. The van der Waals surface area contributed by atoms with E-state index in [0.717, 1.165) is 75.5 Å². The summed E-state index contributed by atoms with van der Waals surface area (Å²) in [6.07, 6.45) is 6.49. The lowest BCUT2D eigenvalue weighted by molar-refractivity contribution is -0.903. The van der Waals surface area contributed by atoms with E-state index >= 15 is 0 Å². The second-order valence-electron chi connectivity index (χ2n) is 15.3. The number of pyridine rings is 2. The van der Waals surface area contributed by atoms with Crippen LogP contribution in [-0.2, 0) is 27.9 Å². The molecule has 1 aliphatic rings. The van der Waals surface area contributed by atoms with E-state index in [1.807, 2.05) is 80.2 Å². The zero-order chi connectivity index (χ0) is 37.7. The monoisotopic (exact) mass is 722 g/mol. The summed E-state index contributed by atoms with van der Waals surface area (Å²) in [4.78, 5) is 47.3. The maximum atomic E-state index is 13.4. The second-order valence-corrected chi connectivity index (χ2v) is 15.3. The van der Waals surface area contributed by atoms with Crippen molar-refractivity contribution < 1.29 is 23.5 Å². The van der Waals surface area contributed by atoms with Gasteiger partial charge in [-0.1, -0.05) is 32.0 Å². The van der Waals surface area contributed by atoms with Gasteiger partial charge in [0.2, 0.25) is 17.7 Å². The largest absolute Gasteiger partial charge is 0.477 e. The minimum atomic E-state index is -0.610. The van der Waals surface area contributed by atoms with Crippen LogP contribution in [0.3, 0.4) is 0 Å². The van der Waals surface area contributed by atoms with E-state index in [4.69, 9.17) is 9.47 Å². The normalized spacial score (nSPS) is 14.5. The maximum Gasteiger partial charge on any atom is 0.329 e. The third kappa shape index (κ3) is 9.12. The summed E-state index contributed by atoms with van der Waals surface area (Å²) in [6, 6.07) is 17.4. The van der Waals surface area contributed by atoms with Gasteiger partial charge >= 0.3 is 5.69 Å². The van der Waals surface area contributed by atoms with Crippen molar-refractivity contribution in [3.05, 3.63) is 83.0 Å². The Morgan fingerprint density at radius 1 is 0.981 bits per heavy atom. The number of aryl methyl sites for hydroxylation is 1. The number of ether oxygens (including phenoxy) is 2. The molecular formula is C41H52N7O5+. The molecule has 0 spiro atoms. The number of anilines is 1. The van der Waals surface area contributed by atoms with Gasteiger partial charge in [0.05, 0.1) is 50.0 Å². The third-order valence-corrected chi connectivity index (χ3v) is 9.90. The highest BCUT2D eigenvalue weighted by Crippen LogP contribution is 2.32. The number of benzene rings is 2. The molecule has 12 nitrogen and oxygen atoms in total. The Morgan fingerprint density at radius 2 is 1.72 bits per heavy atom. The van der Waals surface area contributed by atoms with E-state index in [0.29, 0.717) is 37.8 Å². The van der Waals surface area contributed by atoms with Crippen molar-refractivity contribution in [1.29, 1.82) is 0 Å². The number of rotatable bonds is 14. The van der Waals surface area contributed by atoms with Crippen LogP contribution in [-0.4, -0.2) is 81.9 Å². The van der Waals surface area contributed by atoms with Crippen LogP contribution in [0.15, 0.2) is 71.8 Å². The summed E-state index contributed by atoms with van der Waals surface area (Å²) in [5.41, 5.74) is 6.37. The SMILES string of the molecule is CC(C)CC(=O)NC(C)C(=O)Nc1ccc(C[N+](C)(C)CCCOc2ccc(-c3ccc4ncc5c(c4c3)n(C3CCOCC3)c(=O)n5C)cn2)cc1. The van der Waals surface area contributed by atoms with E-state index in [-0.39, 0.29) is 29.5 Å². The zero-order valence-corrected chi connectivity index (χ0v) is 31.7. The minimum Gasteiger partial charge on any atom is -0.477 e. The van der Waals surface area contributed by atoms with Gasteiger partial charge < -0.3 is 24.6 Å². The maximum absolute atomic E-state index is 13.4. The molecule has 1 unspecified atom stereocenters. The molecule has 1 aliphatic heterocycles. The first-order valence-corrected chi connectivity index (χ1v) is 18.6. The standard InChI is InChI=1S/C41H51N7O5/c1-27(2)22-37(49)44-28(3)40(50)45-32-12-8-29(9-13-32)26-48(5,6)18-7-19-53-38-15-11-31(24-43-38)30-10-14-35-34(23-30)39-36(25-42-35)46(4)41(51)47(39)33-16-20-52-21-17-33/h8-15,23-25,27-28,33H,7,16-22,26H2,1-6H3,(H-,44,45,49,50)/p+1. The molecule has 0 saturated carbocycles. The number of hydrogen-bond acceptors (Lipinski definition) is 7. The number of imidazole rings is 1. The highest BCUT2D eigenvalue weighted by Gasteiger charge is 2.24. The summed E-state index contributed by atoms with van der Waals surface area (Å²) < 4.78 is 16.0. The van der Waals surface area contributed by atoms with Crippen LogP contribution in [0, 0.1) is 5.92 Å². The first-order chi connectivity index (χ1) is 25.4. The zero-order valence-electron chi connectivity index (χ0n) is 31.7. The summed E-state index contributed by atoms with van der Waals surface area (Å²) in [7, 11) is 6.19. The lowest BCUT2D eigenvalue weighted by atomic mass is 10.0. The molecule has 5 aromatic rings. The molecule has 1 fully saturated rings. The molecule has 0 bridgehead atoms. The van der Waals surface area contributed by atoms with Gasteiger partial charge in [-0.05, 0) is 61.6 Å². The van der Waals surface area contributed by atoms with Crippen LogP contribution in [0.1, 0.15) is 58.1 Å². The Hall–Kier alpha value is -5.07. The fourth-order valence-electron chi connectivity index (χ4n) is 7.05. The summed E-state index contributed by atoms with van der Waals surface area (Å²) in [5.74, 6) is 0.447. The Bertz CT molecular complexity index is 2110. The van der Waals surface area contributed by atoms with E-state index in [1.54, 1.807) is 17.7 Å². The summed E-state index contributed by atoms with van der Waals surface area (Å²) >= 11 is 0. The van der Waals surface area contributed by atoms with Crippen molar-refractivity contribution in [2.75, 3.05) is 45.8 Å². The van der Waals surface area contributed by atoms with Crippen LogP contribution >= 0.6 is 0 Å². The Balaban J connectivity index is 1.02. The molecule has 2 N–H and O–H groups in total. The highest BCUT2D eigenvalue weighted by molar-refractivity contribution is 6.04. The van der Waals surface area contributed by atoms with E-state index < -0.39 is 6.04 Å². The average molecular weight is 723 g/mol. The number of hydrogen-bond donors (Lipinski definition) is 2. The number of quaternary nitrogens is 1. The van der Waals surface area contributed by atoms with Crippen molar-refractivity contribution in [2.24, 2.45) is 13.0 Å². The van der Waals surface area contributed by atoms with Crippen LogP contribution in [0.4, 0.5) is 5.69 Å². The summed E-state index contributed by atoms with van der Waals surface area (Å²) in [5, 5.41) is 6.59. The van der Waals surface area contributed by atoms with Crippen LogP contribution < -0.4 is 21.1 Å². The number of nitrogens with one attached hydrogen (secondary N) is 2. The van der Waals surface area contributed by atoms with Crippen LogP contribution in [0.5, 0.6) is 5.88 Å². The molecule has 1 saturated heterocycles. The number of nitrogens with zero attached hydrogens (tertiary/aromatic N) is 5. The Morgan fingerprint density at radius 3 is 2.42 bits per heavy atom. The van der Waals surface area contributed by atoms with Gasteiger partial charge in [0.1, 0.15) is 12.6 Å². The molecule has 0 aliphatic carbocycles. The third-order valence-electron chi connectivity index (χ3n) is 9.90. The number of carbonyl (C=O) groups is 2. The first kappa shape index (κ1) is 37.7. The molecule has 3 aromatic heterocycles. The molecule has 2 aromatic carbocycles. The van der Waals surface area contributed by atoms with E-state index in [2.05, 4.69) is 40.8 Å². The van der Waals surface area contributed by atoms with Gasteiger partial charge in [0, 0.05) is 73.6 Å². The molecular weight excluding hydrogens is 670 g/mol. The molecule has 280 valence electrons. The quantitative estimate of drug-likeness (QED) is 0.109. The number of carbonyl (C=O) groups excluding carboxylic acids is 2. The lowest BCUT2D eigenvalue weighted by Gasteiger charge is -2.30. The van der Waals surface area contributed by atoms with Crippen LogP contribution in [0.2, 0.25) is 0 Å². The number of aromatic nitrogens is 4. The van der Waals surface area contributed by atoms with Gasteiger partial charge in [-0.3, -0.25) is 23.7 Å². The van der Waals surface area contributed by atoms with Gasteiger partial charge in [-0.15, -0.1) is 0 Å². The topological polar surface area (TPSA) is 129 Å². The molecule has 6 rings (SSSR count). The molecule has 1 atom stereocenters. The average Bonchev–Trinajstić information content (AvgIpc) is 3.40. The summed E-state index contributed by atoms with van der Waals surface area (Å²) in [6.45, 7) is 9.21. The fourth-order valence-corrected chi connectivity index (χ4v) is 7.05. The smallest absolute Gasteiger partial charge is 0.329 e. The molecule has 12 heteroatoms. The molecule has 2 amide bonds. The highest BCUT2D eigenvalue weighted by atomic mass is 16.5. The van der Waals surface area contributed by atoms with E-state index in [9.17, 15) is 14.4 Å². The van der Waals surface area contributed by atoms with Crippen molar-refractivity contribution in [2.45, 2.75) is 65.1 Å². The Kier molecular flexibility index (Phi) is 11.6. The fraction of sp³-hybridized carbons (Fsp3) is 0.439. The number of amides is 2. The number of fused-ring (bicyclic) bond motifs is 3. The van der Waals surface area contributed by atoms with Gasteiger partial charge in [-0.25, -0.2) is 9.78 Å². The van der Waals surface area contributed by atoms with Gasteiger partial charge in [-0.2, -0.15) is 0 Å². The molecule has 0 radical (unpaired) electrons. The lowest BCUT2D eigenvalue weighted by Crippen LogP contribution is -2.42. The van der Waals surface area contributed by atoms with Gasteiger partial charge in [0.15, 0.2) is 0 Å². The van der Waals surface area contributed by atoms with E-state index in [1.165, 1.54) is 0 Å². The van der Waals surface area contributed by atoms with Crippen molar-refractivity contribution in [3.8, 4) is 17.0 Å². The Labute approximate surface area is 310 Å². The predicted molar refractivity (Wildman–Crippen MR) is 208 cm³/mol. The van der Waals surface area contributed by atoms with Crippen LogP contribution in [0.25, 0.3) is 33.1 Å². The van der Waals surface area contributed by atoms with Crippen molar-refractivity contribution in [1.82, 2.24) is 24.4 Å². The van der Waals surface area contributed by atoms with Gasteiger partial charge in [0.25, 0.3) is 0 Å². The van der Waals surface area contributed by atoms with Crippen molar-refractivity contribution in [3.63, 3.8) is 0 Å². The molecule has 4 heterocycles. The second kappa shape index (κ2) is 16.3. The minimum absolute atomic E-state index is 0.0233. The predicted octanol–water partition coefficient (Wildman–Crippen LogP) is 5.84. The first-order valence-electron chi connectivity index (χ1n) is 18.6.